The normalized spacial score (nSPS) is 14.6. The van der Waals surface area contributed by atoms with Gasteiger partial charge in [0, 0.05) is 11.1 Å². The highest BCUT2D eigenvalue weighted by Gasteiger charge is 2.32. The molecule has 0 bridgehead atoms. The summed E-state index contributed by atoms with van der Waals surface area (Å²) in [5, 5.41) is 42.9. The highest BCUT2D eigenvalue weighted by atomic mass is 31.1. The van der Waals surface area contributed by atoms with E-state index < -0.39 is 19.6 Å². The van der Waals surface area contributed by atoms with Crippen LogP contribution in [0.3, 0.4) is 0 Å². The minimum absolute atomic E-state index is 0.0251. The lowest BCUT2D eigenvalue weighted by Crippen LogP contribution is -2.14. The Kier molecular flexibility index (Phi) is 5.34. The number of phenolic OH excluding ortho intramolecular Hbond substituents is 2. The summed E-state index contributed by atoms with van der Waals surface area (Å²) in [4.78, 5) is 0. The van der Waals surface area contributed by atoms with Gasteiger partial charge in [0.1, 0.15) is 23.2 Å². The maximum absolute atomic E-state index is 11.0. The van der Waals surface area contributed by atoms with E-state index in [2.05, 4.69) is 0 Å². The molecule has 25 heavy (non-hydrogen) atoms. The van der Waals surface area contributed by atoms with E-state index in [0.717, 1.165) is 5.30 Å². The third kappa shape index (κ3) is 3.67. The maximum Gasteiger partial charge on any atom is 0.121 e. The Balaban J connectivity index is 2.08. The van der Waals surface area contributed by atoms with Crippen molar-refractivity contribution in [1.82, 2.24) is 0 Å². The van der Waals surface area contributed by atoms with Crippen molar-refractivity contribution in [2.45, 2.75) is 11.7 Å². The molecule has 0 saturated carbocycles. The number of hydrogen-bond donors (Lipinski definition) is 4. The maximum atomic E-state index is 11.0. The average Bonchev–Trinajstić information content (AvgIpc) is 2.63. The van der Waals surface area contributed by atoms with Crippen molar-refractivity contribution in [3.63, 3.8) is 0 Å². The first kappa shape index (κ1) is 17.4. The first-order valence-corrected chi connectivity index (χ1v) is 9.33. The molecule has 0 saturated heterocycles. The van der Waals surface area contributed by atoms with Crippen LogP contribution in [-0.2, 0) is 0 Å². The van der Waals surface area contributed by atoms with Gasteiger partial charge in [-0.05, 0) is 25.4 Å². The van der Waals surface area contributed by atoms with Crippen LogP contribution in [0.4, 0.5) is 0 Å². The Labute approximate surface area is 147 Å². The molecule has 0 aliphatic carbocycles. The highest BCUT2D eigenvalue weighted by Crippen LogP contribution is 2.60. The molecule has 0 heterocycles. The summed E-state index contributed by atoms with van der Waals surface area (Å²) in [6.07, 6.45) is 0. The van der Waals surface area contributed by atoms with Crippen LogP contribution in [0, 0.1) is 0 Å². The largest absolute Gasteiger partial charge is 0.508 e. The first-order chi connectivity index (χ1) is 12.1. The Morgan fingerprint density at radius 3 is 1.40 bits per heavy atom. The standard InChI is InChI=1S/C20H19O4P/c21-17-12-6-4-10-15(17)19(23)25(14-8-2-1-3-9-14)20(24)16-11-5-7-13-18(16)22/h1-13,19-24H. The molecule has 4 N–H and O–H groups in total. The second-order valence-corrected chi connectivity index (χ2v) is 7.92. The fraction of sp³-hybridized carbons (Fsp3) is 0.100. The molecule has 0 aromatic heterocycles. The summed E-state index contributed by atoms with van der Waals surface area (Å²) in [5.41, 5.74) is 0.707. The minimum atomic E-state index is -1.57. The fourth-order valence-electron chi connectivity index (χ4n) is 2.73. The topological polar surface area (TPSA) is 80.9 Å². The lowest BCUT2D eigenvalue weighted by molar-refractivity contribution is 0.226. The van der Waals surface area contributed by atoms with Gasteiger partial charge >= 0.3 is 0 Å². The van der Waals surface area contributed by atoms with Crippen LogP contribution in [0.2, 0.25) is 0 Å². The molecule has 0 radical (unpaired) electrons. The number of benzene rings is 3. The Morgan fingerprint density at radius 1 is 0.560 bits per heavy atom. The van der Waals surface area contributed by atoms with E-state index in [-0.39, 0.29) is 11.5 Å². The van der Waals surface area contributed by atoms with Gasteiger partial charge < -0.3 is 20.4 Å². The van der Waals surface area contributed by atoms with Crippen LogP contribution in [0.1, 0.15) is 22.8 Å². The summed E-state index contributed by atoms with van der Waals surface area (Å²) in [6.45, 7) is 0. The van der Waals surface area contributed by atoms with E-state index in [1.165, 1.54) is 12.1 Å². The van der Waals surface area contributed by atoms with Crippen molar-refractivity contribution in [2.75, 3.05) is 0 Å². The van der Waals surface area contributed by atoms with Crippen LogP contribution in [0.25, 0.3) is 0 Å². The van der Waals surface area contributed by atoms with Crippen LogP contribution in [-0.4, -0.2) is 20.4 Å². The van der Waals surface area contributed by atoms with Gasteiger partial charge in [-0.1, -0.05) is 66.7 Å². The monoisotopic (exact) mass is 354 g/mol. The van der Waals surface area contributed by atoms with Gasteiger partial charge in [0.2, 0.25) is 0 Å². The number of aromatic hydroxyl groups is 2. The quantitative estimate of drug-likeness (QED) is 0.528. The number of aliphatic hydroxyl groups is 2. The molecule has 3 aromatic rings. The van der Waals surface area contributed by atoms with Crippen LogP contribution in [0.5, 0.6) is 11.5 Å². The van der Waals surface area contributed by atoms with Crippen molar-refractivity contribution in [2.24, 2.45) is 0 Å². The fourth-order valence-corrected chi connectivity index (χ4v) is 5.11. The molecule has 3 aromatic carbocycles. The van der Waals surface area contributed by atoms with E-state index in [4.69, 9.17) is 0 Å². The summed E-state index contributed by atoms with van der Waals surface area (Å²) < 4.78 is 0. The average molecular weight is 354 g/mol. The van der Waals surface area contributed by atoms with Crippen molar-refractivity contribution < 1.29 is 20.4 Å². The summed E-state index contributed by atoms with van der Waals surface area (Å²) in [5.74, 6) is -2.23. The smallest absolute Gasteiger partial charge is 0.121 e. The van der Waals surface area contributed by atoms with E-state index in [0.29, 0.717) is 11.1 Å². The summed E-state index contributed by atoms with van der Waals surface area (Å²) in [6, 6.07) is 22.3. The molecule has 0 spiro atoms. The third-order valence-electron chi connectivity index (χ3n) is 4.01. The molecule has 0 aliphatic rings. The van der Waals surface area contributed by atoms with Gasteiger partial charge in [-0.3, -0.25) is 0 Å². The number of aliphatic hydroxyl groups excluding tert-OH is 2. The molecular weight excluding hydrogens is 335 g/mol. The van der Waals surface area contributed by atoms with Gasteiger partial charge in [-0.2, -0.15) is 0 Å². The third-order valence-corrected chi connectivity index (χ3v) is 6.52. The second kappa shape index (κ2) is 7.66. The highest BCUT2D eigenvalue weighted by molar-refractivity contribution is 7.65. The van der Waals surface area contributed by atoms with E-state index in [1.807, 2.05) is 30.3 Å². The SMILES string of the molecule is Oc1ccccc1C(O)P(c1ccccc1)C(O)c1ccccc1O. The van der Waals surface area contributed by atoms with E-state index in [1.54, 1.807) is 36.4 Å². The van der Waals surface area contributed by atoms with E-state index in [9.17, 15) is 20.4 Å². The van der Waals surface area contributed by atoms with Crippen molar-refractivity contribution in [1.29, 1.82) is 0 Å². The van der Waals surface area contributed by atoms with Gasteiger partial charge in [0.25, 0.3) is 0 Å². The predicted molar refractivity (Wildman–Crippen MR) is 99.1 cm³/mol. The van der Waals surface area contributed by atoms with Crippen molar-refractivity contribution in [3.05, 3.63) is 90.0 Å². The second-order valence-electron chi connectivity index (χ2n) is 5.61. The predicted octanol–water partition coefficient (Wildman–Crippen LogP) is 3.59. The molecule has 5 heteroatoms. The number of para-hydroxylation sites is 2. The van der Waals surface area contributed by atoms with Crippen molar-refractivity contribution >= 4 is 13.2 Å². The zero-order valence-corrected chi connectivity index (χ0v) is 14.3. The molecule has 0 amide bonds. The first-order valence-electron chi connectivity index (χ1n) is 7.85. The molecule has 4 nitrogen and oxygen atoms in total. The molecule has 0 aliphatic heterocycles. The van der Waals surface area contributed by atoms with Crippen LogP contribution >= 0.6 is 7.92 Å². The Bertz CT molecular complexity index is 786. The molecule has 3 rings (SSSR count). The van der Waals surface area contributed by atoms with Crippen LogP contribution in [0.15, 0.2) is 78.9 Å². The Hall–Kier alpha value is -2.39. The van der Waals surface area contributed by atoms with Gasteiger partial charge in [-0.25, -0.2) is 0 Å². The van der Waals surface area contributed by atoms with Gasteiger partial charge in [0.15, 0.2) is 0 Å². The molecule has 2 atom stereocenters. The number of phenols is 2. The summed E-state index contributed by atoms with van der Waals surface area (Å²) in [7, 11) is -1.57. The number of hydrogen-bond acceptors (Lipinski definition) is 4. The minimum Gasteiger partial charge on any atom is -0.508 e. The van der Waals surface area contributed by atoms with Crippen molar-refractivity contribution in [3.8, 4) is 11.5 Å². The zero-order chi connectivity index (χ0) is 17.8. The lowest BCUT2D eigenvalue weighted by atomic mass is 10.2. The lowest BCUT2D eigenvalue weighted by Gasteiger charge is -2.29. The number of rotatable bonds is 5. The molecule has 2 unspecified atom stereocenters. The summed E-state index contributed by atoms with van der Waals surface area (Å²) >= 11 is 0. The van der Waals surface area contributed by atoms with Crippen LogP contribution < -0.4 is 5.30 Å². The Morgan fingerprint density at radius 2 is 0.960 bits per heavy atom. The van der Waals surface area contributed by atoms with E-state index >= 15 is 0 Å². The zero-order valence-electron chi connectivity index (χ0n) is 13.4. The van der Waals surface area contributed by atoms with Gasteiger partial charge in [-0.15, -0.1) is 0 Å². The molecular formula is C20H19O4P. The van der Waals surface area contributed by atoms with Gasteiger partial charge in [0.05, 0.1) is 0 Å². The molecule has 128 valence electrons. The molecule has 0 fully saturated rings.